The van der Waals surface area contributed by atoms with E-state index >= 15 is 0 Å². The highest BCUT2D eigenvalue weighted by Crippen LogP contribution is 2.44. The van der Waals surface area contributed by atoms with Crippen LogP contribution in [0.1, 0.15) is 53.2 Å². The fourth-order valence-electron chi connectivity index (χ4n) is 3.50. The SMILES string of the molecule is CCOC(=O)C(O[Si](C)C)(C(=O)OCC)C(OCC)C(c1ccccn1)C(C)(C)C. The van der Waals surface area contributed by atoms with E-state index in [9.17, 15) is 9.59 Å². The van der Waals surface area contributed by atoms with E-state index in [4.69, 9.17) is 18.6 Å². The van der Waals surface area contributed by atoms with Gasteiger partial charge in [0.2, 0.25) is 9.04 Å². The average Bonchev–Trinajstić information content (AvgIpc) is 2.65. The van der Waals surface area contributed by atoms with Gasteiger partial charge in [-0.05, 0) is 51.4 Å². The summed E-state index contributed by atoms with van der Waals surface area (Å²) in [6, 6.07) is 5.56. The number of aromatic nitrogens is 1. The molecule has 1 heterocycles. The van der Waals surface area contributed by atoms with Crippen molar-refractivity contribution in [3.8, 4) is 0 Å². The predicted molar refractivity (Wildman–Crippen MR) is 116 cm³/mol. The molecule has 0 aromatic carbocycles. The molecule has 30 heavy (non-hydrogen) atoms. The fraction of sp³-hybridized carbons (Fsp3) is 0.682. The second-order valence-electron chi connectivity index (χ2n) is 8.16. The van der Waals surface area contributed by atoms with Crippen molar-refractivity contribution in [3.05, 3.63) is 30.1 Å². The van der Waals surface area contributed by atoms with Gasteiger partial charge in [0.25, 0.3) is 5.60 Å². The van der Waals surface area contributed by atoms with Gasteiger partial charge in [-0.25, -0.2) is 9.59 Å². The Hall–Kier alpha value is -1.77. The van der Waals surface area contributed by atoms with Gasteiger partial charge >= 0.3 is 11.9 Å². The Balaban J connectivity index is 3.84. The molecule has 0 bridgehead atoms. The van der Waals surface area contributed by atoms with Crippen LogP contribution < -0.4 is 0 Å². The van der Waals surface area contributed by atoms with Crippen LogP contribution in [-0.4, -0.2) is 57.5 Å². The summed E-state index contributed by atoms with van der Waals surface area (Å²) in [7, 11) is -1.54. The largest absolute Gasteiger partial charge is 0.463 e. The third-order valence-electron chi connectivity index (χ3n) is 4.51. The maximum absolute atomic E-state index is 13.4. The summed E-state index contributed by atoms with van der Waals surface area (Å²) in [5.41, 5.74) is -1.77. The van der Waals surface area contributed by atoms with Crippen molar-refractivity contribution in [2.24, 2.45) is 5.41 Å². The first-order valence-electron chi connectivity index (χ1n) is 10.4. The van der Waals surface area contributed by atoms with E-state index in [0.29, 0.717) is 5.69 Å². The Kier molecular flexibility index (Phi) is 10.1. The molecule has 2 unspecified atom stereocenters. The molecular formula is C22H36NO6Si. The molecule has 0 amide bonds. The quantitative estimate of drug-likeness (QED) is 0.295. The number of pyridine rings is 1. The van der Waals surface area contributed by atoms with E-state index < -0.39 is 44.0 Å². The second-order valence-corrected chi connectivity index (χ2v) is 10.2. The molecule has 1 aromatic heterocycles. The minimum atomic E-state index is -2.05. The lowest BCUT2D eigenvalue weighted by molar-refractivity contribution is -0.200. The summed E-state index contributed by atoms with van der Waals surface area (Å²) in [5.74, 6) is -2.04. The van der Waals surface area contributed by atoms with Gasteiger partial charge in [0, 0.05) is 24.4 Å². The zero-order chi connectivity index (χ0) is 22.9. The highest BCUT2D eigenvalue weighted by Gasteiger charge is 2.62. The average molecular weight is 439 g/mol. The van der Waals surface area contributed by atoms with Crippen LogP contribution in [0.2, 0.25) is 13.1 Å². The first-order chi connectivity index (χ1) is 14.1. The van der Waals surface area contributed by atoms with Gasteiger partial charge in [-0.3, -0.25) is 4.98 Å². The Morgan fingerprint density at radius 3 is 1.93 bits per heavy atom. The van der Waals surface area contributed by atoms with Crippen molar-refractivity contribution in [2.75, 3.05) is 19.8 Å². The van der Waals surface area contributed by atoms with E-state index in [1.807, 2.05) is 59.0 Å². The lowest BCUT2D eigenvalue weighted by Crippen LogP contribution is -2.64. The molecule has 0 aliphatic carbocycles. The van der Waals surface area contributed by atoms with Crippen molar-refractivity contribution >= 4 is 21.0 Å². The Bertz CT molecular complexity index is 656. The molecule has 2 atom stereocenters. The fourth-order valence-corrected chi connectivity index (χ4v) is 4.42. The maximum Gasteiger partial charge on any atom is 0.352 e. The van der Waals surface area contributed by atoms with Crippen LogP contribution in [-0.2, 0) is 28.2 Å². The van der Waals surface area contributed by atoms with E-state index in [1.54, 1.807) is 20.0 Å². The molecule has 1 radical (unpaired) electrons. The third kappa shape index (κ3) is 6.12. The molecule has 7 nitrogen and oxygen atoms in total. The minimum absolute atomic E-state index is 0.0987. The number of nitrogens with zero attached hydrogens (tertiary/aromatic N) is 1. The van der Waals surface area contributed by atoms with Crippen molar-refractivity contribution in [1.82, 2.24) is 4.98 Å². The molecule has 1 rings (SSSR count). The molecule has 0 saturated heterocycles. The zero-order valence-corrected chi connectivity index (χ0v) is 20.5. The number of hydrogen-bond donors (Lipinski definition) is 0. The van der Waals surface area contributed by atoms with Gasteiger partial charge < -0.3 is 18.6 Å². The van der Waals surface area contributed by atoms with Crippen LogP contribution in [0.25, 0.3) is 0 Å². The van der Waals surface area contributed by atoms with Gasteiger partial charge in [0.05, 0.1) is 13.2 Å². The molecule has 0 N–H and O–H groups in total. The molecule has 8 heteroatoms. The Morgan fingerprint density at radius 1 is 1.00 bits per heavy atom. The first kappa shape index (κ1) is 26.3. The smallest absolute Gasteiger partial charge is 0.352 e. The van der Waals surface area contributed by atoms with Gasteiger partial charge in [0.1, 0.15) is 6.10 Å². The number of esters is 2. The highest BCUT2D eigenvalue weighted by atomic mass is 28.3. The molecule has 0 aliphatic rings. The van der Waals surface area contributed by atoms with Crippen LogP contribution in [0.4, 0.5) is 0 Å². The lowest BCUT2D eigenvalue weighted by Gasteiger charge is -2.44. The highest BCUT2D eigenvalue weighted by molar-refractivity contribution is 6.49. The van der Waals surface area contributed by atoms with Crippen molar-refractivity contribution < 1.29 is 28.2 Å². The number of ether oxygens (including phenoxy) is 3. The van der Waals surface area contributed by atoms with Gasteiger partial charge in [-0.1, -0.05) is 26.8 Å². The van der Waals surface area contributed by atoms with Gasteiger partial charge in [-0.15, -0.1) is 0 Å². The Labute approximate surface area is 182 Å². The van der Waals surface area contributed by atoms with E-state index in [-0.39, 0.29) is 19.8 Å². The minimum Gasteiger partial charge on any atom is -0.463 e. The summed E-state index contributed by atoms with van der Waals surface area (Å²) in [6.45, 7) is 15.4. The molecule has 1 aromatic rings. The number of rotatable bonds is 11. The topological polar surface area (TPSA) is 84.0 Å². The standard InChI is InChI=1S/C22H36NO6Si/c1-9-26-18(17(21(4,5)6)16-14-12-13-15-23-16)22(29-30(7)8,19(24)27-10-2)20(25)28-11-3/h12-15,17-18H,9-11H2,1-8H3. The summed E-state index contributed by atoms with van der Waals surface area (Å²) in [6.07, 6.45) is 0.693. The first-order valence-corrected chi connectivity index (χ1v) is 12.8. The molecule has 0 fully saturated rings. The number of carbonyl (C=O) groups excluding carboxylic acids is 2. The van der Waals surface area contributed by atoms with Gasteiger partial charge in [-0.2, -0.15) is 0 Å². The lowest BCUT2D eigenvalue weighted by atomic mass is 9.70. The molecule has 169 valence electrons. The summed E-state index contributed by atoms with van der Waals surface area (Å²) < 4.78 is 23.0. The maximum atomic E-state index is 13.4. The Morgan fingerprint density at radius 2 is 1.57 bits per heavy atom. The van der Waals surface area contributed by atoms with Gasteiger partial charge in [0.15, 0.2) is 0 Å². The van der Waals surface area contributed by atoms with Crippen molar-refractivity contribution in [2.45, 2.75) is 72.3 Å². The normalized spacial score (nSPS) is 14.3. The van der Waals surface area contributed by atoms with Crippen LogP contribution in [0.15, 0.2) is 24.4 Å². The number of carbonyl (C=O) groups is 2. The monoisotopic (exact) mass is 438 g/mol. The second kappa shape index (κ2) is 11.6. The van der Waals surface area contributed by atoms with Crippen molar-refractivity contribution in [1.29, 1.82) is 0 Å². The summed E-state index contributed by atoms with van der Waals surface area (Å²) in [4.78, 5) is 31.2. The van der Waals surface area contributed by atoms with E-state index in [2.05, 4.69) is 4.98 Å². The third-order valence-corrected chi connectivity index (χ3v) is 5.24. The number of hydrogen-bond acceptors (Lipinski definition) is 7. The molecular weight excluding hydrogens is 402 g/mol. The predicted octanol–water partition coefficient (Wildman–Crippen LogP) is 3.75. The molecule has 0 spiro atoms. The summed E-state index contributed by atoms with van der Waals surface area (Å²) in [5, 5.41) is 0. The molecule has 0 aliphatic heterocycles. The zero-order valence-electron chi connectivity index (χ0n) is 19.5. The van der Waals surface area contributed by atoms with E-state index in [0.717, 1.165) is 0 Å². The van der Waals surface area contributed by atoms with Crippen molar-refractivity contribution in [3.63, 3.8) is 0 Å². The molecule has 0 saturated carbocycles. The van der Waals surface area contributed by atoms with E-state index in [1.165, 1.54) is 0 Å². The summed E-state index contributed by atoms with van der Waals surface area (Å²) >= 11 is 0. The van der Waals surface area contributed by atoms with Crippen LogP contribution in [0.3, 0.4) is 0 Å². The van der Waals surface area contributed by atoms with Crippen LogP contribution in [0.5, 0.6) is 0 Å². The van der Waals surface area contributed by atoms with Crippen LogP contribution in [0, 0.1) is 5.41 Å². The van der Waals surface area contributed by atoms with Crippen LogP contribution >= 0.6 is 0 Å².